The number of carbonyl (C=O) groups excluding carboxylic acids is 1. The number of ether oxygens (including phenoxy) is 2. The standard InChI is InChI=1S/C11H14N4O5S2/c1-19-11(16)14-10(21)13-6-3-4-7(20-5-22-2)8(12)9(6)15(17)18/h3-4H,5,12H2,1-2H3,(H2,13,14,16,21). The summed E-state index contributed by atoms with van der Waals surface area (Å²) in [6, 6.07) is 2.86. The molecular formula is C11H14N4O5S2. The molecule has 0 spiro atoms. The van der Waals surface area contributed by atoms with Crippen molar-refractivity contribution >= 4 is 52.2 Å². The number of carbonyl (C=O) groups is 1. The fraction of sp³-hybridized carbons (Fsp3) is 0.273. The molecule has 0 aliphatic heterocycles. The summed E-state index contributed by atoms with van der Waals surface area (Å²) in [6.07, 6.45) is 1.02. The van der Waals surface area contributed by atoms with Crippen LogP contribution < -0.4 is 21.1 Å². The number of nitrogens with zero attached hydrogens (tertiary/aromatic N) is 1. The van der Waals surface area contributed by atoms with E-state index in [-0.39, 0.29) is 22.2 Å². The molecule has 120 valence electrons. The summed E-state index contributed by atoms with van der Waals surface area (Å²) >= 11 is 6.25. The van der Waals surface area contributed by atoms with Gasteiger partial charge in [-0.25, -0.2) is 4.79 Å². The van der Waals surface area contributed by atoms with Gasteiger partial charge in [-0.05, 0) is 30.6 Å². The molecule has 1 rings (SSSR count). The molecule has 22 heavy (non-hydrogen) atoms. The Kier molecular flexibility index (Phi) is 6.66. The van der Waals surface area contributed by atoms with Crippen molar-refractivity contribution in [3.05, 3.63) is 22.2 Å². The molecule has 11 heteroatoms. The molecule has 4 N–H and O–H groups in total. The third-order valence-corrected chi connectivity index (χ3v) is 2.90. The van der Waals surface area contributed by atoms with Gasteiger partial charge in [0.15, 0.2) is 16.5 Å². The Labute approximate surface area is 135 Å². The van der Waals surface area contributed by atoms with Crippen molar-refractivity contribution < 1.29 is 19.2 Å². The van der Waals surface area contributed by atoms with Crippen molar-refractivity contribution in [3.63, 3.8) is 0 Å². The molecular weight excluding hydrogens is 332 g/mol. The van der Waals surface area contributed by atoms with Crippen molar-refractivity contribution in [2.75, 3.05) is 30.4 Å². The minimum atomic E-state index is -0.798. The van der Waals surface area contributed by atoms with Crippen LogP contribution in [0.3, 0.4) is 0 Å². The number of thioether (sulfide) groups is 1. The zero-order valence-electron chi connectivity index (χ0n) is 11.7. The van der Waals surface area contributed by atoms with Crippen LogP contribution in [0.5, 0.6) is 5.75 Å². The summed E-state index contributed by atoms with van der Waals surface area (Å²) in [4.78, 5) is 21.6. The van der Waals surface area contributed by atoms with Crippen LogP contribution in [0.1, 0.15) is 0 Å². The SMILES string of the molecule is COC(=O)NC(=S)Nc1ccc(OCSC)c(N)c1[N+](=O)[O-]. The first-order valence-corrected chi connectivity index (χ1v) is 7.55. The van der Waals surface area contributed by atoms with E-state index >= 15 is 0 Å². The van der Waals surface area contributed by atoms with Crippen molar-refractivity contribution in [2.24, 2.45) is 0 Å². The van der Waals surface area contributed by atoms with Crippen LogP contribution in [-0.4, -0.2) is 35.4 Å². The number of benzene rings is 1. The van der Waals surface area contributed by atoms with Crippen LogP contribution in [0.4, 0.5) is 21.9 Å². The van der Waals surface area contributed by atoms with E-state index in [1.54, 1.807) is 0 Å². The number of hydrogen-bond donors (Lipinski definition) is 3. The zero-order chi connectivity index (χ0) is 16.7. The molecule has 9 nitrogen and oxygen atoms in total. The molecule has 0 aliphatic rings. The number of rotatable bonds is 5. The third kappa shape index (κ3) is 4.63. The molecule has 1 aromatic rings. The van der Waals surface area contributed by atoms with Gasteiger partial charge in [0.2, 0.25) is 0 Å². The van der Waals surface area contributed by atoms with Crippen molar-refractivity contribution in [1.82, 2.24) is 5.32 Å². The molecule has 0 aromatic heterocycles. The van der Waals surface area contributed by atoms with E-state index < -0.39 is 16.7 Å². The molecule has 0 aliphatic carbocycles. The number of anilines is 2. The van der Waals surface area contributed by atoms with Crippen LogP contribution in [0, 0.1) is 10.1 Å². The van der Waals surface area contributed by atoms with Crippen LogP contribution in [0.2, 0.25) is 0 Å². The van der Waals surface area contributed by atoms with Gasteiger partial charge in [-0.3, -0.25) is 15.4 Å². The van der Waals surface area contributed by atoms with Gasteiger partial charge < -0.3 is 20.5 Å². The van der Waals surface area contributed by atoms with Gasteiger partial charge in [-0.1, -0.05) is 0 Å². The second-order valence-corrected chi connectivity index (χ2v) is 4.97. The summed E-state index contributed by atoms with van der Waals surface area (Å²) in [7, 11) is 1.16. The number of nitrogen functional groups attached to an aromatic ring is 1. The monoisotopic (exact) mass is 346 g/mol. The maximum absolute atomic E-state index is 11.2. The number of nitrogens with one attached hydrogen (secondary N) is 2. The smallest absolute Gasteiger partial charge is 0.413 e. The van der Waals surface area contributed by atoms with Gasteiger partial charge >= 0.3 is 11.8 Å². The van der Waals surface area contributed by atoms with Crippen LogP contribution in [0.25, 0.3) is 0 Å². The first kappa shape index (κ1) is 17.8. The topological polar surface area (TPSA) is 129 Å². The number of nitro groups is 1. The lowest BCUT2D eigenvalue weighted by Gasteiger charge is -2.12. The fourth-order valence-corrected chi connectivity index (χ4v) is 1.87. The highest BCUT2D eigenvalue weighted by atomic mass is 32.2. The predicted molar refractivity (Wildman–Crippen MR) is 88.3 cm³/mol. The van der Waals surface area contributed by atoms with Crippen molar-refractivity contribution in [1.29, 1.82) is 0 Å². The number of amides is 1. The van der Waals surface area contributed by atoms with E-state index in [1.165, 1.54) is 23.9 Å². The summed E-state index contributed by atoms with van der Waals surface area (Å²) < 4.78 is 9.67. The Morgan fingerprint density at radius 2 is 2.23 bits per heavy atom. The predicted octanol–water partition coefficient (Wildman–Crippen LogP) is 1.93. The number of alkyl carbamates (subject to hydrolysis) is 1. The lowest BCUT2D eigenvalue weighted by atomic mass is 10.2. The zero-order valence-corrected chi connectivity index (χ0v) is 13.4. The largest absolute Gasteiger partial charge is 0.481 e. The number of thiocarbonyl (C=S) groups is 1. The highest BCUT2D eigenvalue weighted by molar-refractivity contribution is 7.98. The molecule has 0 saturated carbocycles. The number of nitrogens with two attached hydrogens (primary N) is 1. The van der Waals surface area contributed by atoms with Crippen LogP contribution in [0.15, 0.2) is 12.1 Å². The second-order valence-electron chi connectivity index (χ2n) is 3.75. The third-order valence-electron chi connectivity index (χ3n) is 2.34. The normalized spacial score (nSPS) is 9.73. The van der Waals surface area contributed by atoms with Crippen molar-refractivity contribution in [3.8, 4) is 5.75 Å². The minimum Gasteiger partial charge on any atom is -0.481 e. The summed E-state index contributed by atoms with van der Waals surface area (Å²) in [5.74, 6) is 0.495. The molecule has 0 fully saturated rings. The highest BCUT2D eigenvalue weighted by Gasteiger charge is 2.23. The van der Waals surface area contributed by atoms with Crippen LogP contribution in [-0.2, 0) is 4.74 Å². The molecule has 0 saturated heterocycles. The lowest BCUT2D eigenvalue weighted by Crippen LogP contribution is -2.34. The average molecular weight is 346 g/mol. The first-order chi connectivity index (χ1) is 10.4. The van der Waals surface area contributed by atoms with Gasteiger partial charge in [0.05, 0.1) is 12.0 Å². The Hall–Kier alpha value is -2.27. The number of methoxy groups -OCH3 is 1. The number of hydrogen-bond acceptors (Lipinski definition) is 8. The lowest BCUT2D eigenvalue weighted by molar-refractivity contribution is -0.383. The average Bonchev–Trinajstić information content (AvgIpc) is 2.45. The quantitative estimate of drug-likeness (QED) is 0.241. The van der Waals surface area contributed by atoms with E-state index in [2.05, 4.69) is 15.4 Å². The summed E-state index contributed by atoms with van der Waals surface area (Å²) in [5, 5.41) is 15.7. The Morgan fingerprint density at radius 3 is 2.77 bits per heavy atom. The van der Waals surface area contributed by atoms with E-state index in [1.807, 2.05) is 6.26 Å². The molecule has 0 unspecified atom stereocenters. The molecule has 0 bridgehead atoms. The van der Waals surface area contributed by atoms with Crippen LogP contribution >= 0.6 is 24.0 Å². The van der Waals surface area contributed by atoms with E-state index in [0.29, 0.717) is 5.94 Å². The van der Waals surface area contributed by atoms with Gasteiger partial charge in [0, 0.05) is 0 Å². The van der Waals surface area contributed by atoms with E-state index in [4.69, 9.17) is 22.7 Å². The number of nitro benzene ring substituents is 1. The van der Waals surface area contributed by atoms with Gasteiger partial charge in [-0.2, -0.15) is 0 Å². The Morgan fingerprint density at radius 1 is 1.55 bits per heavy atom. The van der Waals surface area contributed by atoms with E-state index in [9.17, 15) is 14.9 Å². The Bertz CT molecular complexity index is 596. The maximum Gasteiger partial charge on any atom is 0.413 e. The van der Waals surface area contributed by atoms with Gasteiger partial charge in [-0.15, -0.1) is 11.8 Å². The molecule has 0 radical (unpaired) electrons. The second kappa shape index (κ2) is 8.24. The van der Waals surface area contributed by atoms with Crippen molar-refractivity contribution in [2.45, 2.75) is 0 Å². The maximum atomic E-state index is 11.2. The molecule has 0 heterocycles. The van der Waals surface area contributed by atoms with E-state index in [0.717, 1.165) is 7.11 Å². The summed E-state index contributed by atoms with van der Waals surface area (Å²) in [6.45, 7) is 0. The highest BCUT2D eigenvalue weighted by Crippen LogP contribution is 2.38. The molecule has 1 aromatic carbocycles. The molecule has 1 amide bonds. The first-order valence-electron chi connectivity index (χ1n) is 5.75. The fourth-order valence-electron chi connectivity index (χ4n) is 1.43. The Balaban J connectivity index is 3.04. The van der Waals surface area contributed by atoms with Gasteiger partial charge in [0.25, 0.3) is 0 Å². The van der Waals surface area contributed by atoms with Gasteiger partial charge in [0.1, 0.15) is 11.6 Å². The summed E-state index contributed by atoms with van der Waals surface area (Å²) in [5.41, 5.74) is 5.26. The molecule has 0 atom stereocenters. The minimum absolute atomic E-state index is 0.0282.